The Morgan fingerprint density at radius 2 is 2.26 bits per heavy atom. The molecule has 116 valence electrons. The lowest BCUT2D eigenvalue weighted by atomic mass is 9.99. The number of likely N-dealkylation sites (tertiary alicyclic amines) is 1. The highest BCUT2D eigenvalue weighted by molar-refractivity contribution is 7.08. The van der Waals surface area contributed by atoms with Crippen LogP contribution in [0.25, 0.3) is 11.3 Å². The Labute approximate surface area is 137 Å². The van der Waals surface area contributed by atoms with Gasteiger partial charge in [-0.3, -0.25) is 4.79 Å². The van der Waals surface area contributed by atoms with Gasteiger partial charge in [-0.15, -0.1) is 0 Å². The van der Waals surface area contributed by atoms with Gasteiger partial charge in [0.1, 0.15) is 5.82 Å². The van der Waals surface area contributed by atoms with Crippen molar-refractivity contribution < 1.29 is 9.21 Å². The van der Waals surface area contributed by atoms with Crippen LogP contribution in [0.15, 0.2) is 45.8 Å². The zero-order chi connectivity index (χ0) is 15.4. The van der Waals surface area contributed by atoms with Crippen molar-refractivity contribution in [3.05, 3.63) is 53.0 Å². The number of furan rings is 1. The molecule has 1 amide bonds. The Morgan fingerprint density at radius 1 is 1.30 bits per heavy atom. The van der Waals surface area contributed by atoms with E-state index in [0.717, 1.165) is 25.5 Å². The lowest BCUT2D eigenvalue weighted by Gasteiger charge is -2.16. The zero-order valence-corrected chi connectivity index (χ0v) is 13.2. The van der Waals surface area contributed by atoms with Gasteiger partial charge >= 0.3 is 0 Å². The highest BCUT2D eigenvalue weighted by Crippen LogP contribution is 2.41. The van der Waals surface area contributed by atoms with Gasteiger partial charge in [-0.2, -0.15) is 11.3 Å². The third-order valence-corrected chi connectivity index (χ3v) is 5.60. The predicted molar refractivity (Wildman–Crippen MR) is 86.4 cm³/mol. The Bertz CT molecular complexity index is 851. The molecule has 5 nitrogen and oxygen atoms in total. The number of amides is 1. The maximum atomic E-state index is 12.4. The molecular formula is C17H15N3O2S. The van der Waals surface area contributed by atoms with Crippen molar-refractivity contribution in [1.29, 1.82) is 0 Å². The zero-order valence-electron chi connectivity index (χ0n) is 12.4. The maximum Gasteiger partial charge on any atom is 0.289 e. The first-order valence-electron chi connectivity index (χ1n) is 7.72. The second-order valence-electron chi connectivity index (χ2n) is 6.18. The molecule has 0 bridgehead atoms. The first-order valence-corrected chi connectivity index (χ1v) is 8.66. The van der Waals surface area contributed by atoms with Gasteiger partial charge in [-0.05, 0) is 23.6 Å². The molecule has 0 unspecified atom stereocenters. The largest absolute Gasteiger partial charge is 0.459 e. The van der Waals surface area contributed by atoms with Crippen molar-refractivity contribution in [1.82, 2.24) is 14.5 Å². The summed E-state index contributed by atoms with van der Waals surface area (Å²) in [6.45, 7) is 2.44. The van der Waals surface area contributed by atoms with Crippen LogP contribution in [0.4, 0.5) is 0 Å². The fraction of sp³-hybridized carbons (Fsp3) is 0.294. The molecule has 0 radical (unpaired) electrons. The van der Waals surface area contributed by atoms with Gasteiger partial charge in [0.15, 0.2) is 5.76 Å². The van der Waals surface area contributed by atoms with Crippen LogP contribution in [-0.2, 0) is 6.54 Å². The highest BCUT2D eigenvalue weighted by atomic mass is 32.1. The van der Waals surface area contributed by atoms with E-state index < -0.39 is 0 Å². The molecule has 1 fully saturated rings. The van der Waals surface area contributed by atoms with Gasteiger partial charge in [0.05, 0.1) is 18.2 Å². The molecule has 2 aliphatic rings. The van der Waals surface area contributed by atoms with E-state index in [1.807, 2.05) is 11.1 Å². The van der Waals surface area contributed by atoms with Crippen LogP contribution < -0.4 is 0 Å². The second kappa shape index (κ2) is 4.83. The minimum Gasteiger partial charge on any atom is -0.459 e. The van der Waals surface area contributed by atoms with E-state index in [1.54, 1.807) is 29.7 Å². The SMILES string of the molecule is O=C(c1ccco1)N1C[C@H]2Cn3c(-c4ccsc4)cnc3[C@H]2C1. The Hall–Kier alpha value is -2.34. The minimum absolute atomic E-state index is 0.0134. The van der Waals surface area contributed by atoms with Gasteiger partial charge in [0.25, 0.3) is 5.91 Å². The summed E-state index contributed by atoms with van der Waals surface area (Å²) >= 11 is 1.70. The quantitative estimate of drug-likeness (QED) is 0.727. The molecule has 0 aliphatic carbocycles. The van der Waals surface area contributed by atoms with Gasteiger partial charge in [0.2, 0.25) is 0 Å². The molecule has 0 spiro atoms. The molecule has 5 heterocycles. The van der Waals surface area contributed by atoms with Crippen molar-refractivity contribution in [2.45, 2.75) is 12.5 Å². The summed E-state index contributed by atoms with van der Waals surface area (Å²) in [7, 11) is 0. The third kappa shape index (κ3) is 1.91. The van der Waals surface area contributed by atoms with E-state index in [4.69, 9.17) is 4.42 Å². The molecule has 0 aromatic carbocycles. The Balaban J connectivity index is 1.42. The average molecular weight is 325 g/mol. The first-order chi connectivity index (χ1) is 11.3. The van der Waals surface area contributed by atoms with E-state index >= 15 is 0 Å². The molecule has 2 atom stereocenters. The lowest BCUT2D eigenvalue weighted by molar-refractivity contribution is 0.0751. The topological polar surface area (TPSA) is 51.3 Å². The van der Waals surface area contributed by atoms with Crippen molar-refractivity contribution >= 4 is 17.2 Å². The molecule has 2 aliphatic heterocycles. The number of fused-ring (bicyclic) bond motifs is 3. The number of aromatic nitrogens is 2. The van der Waals surface area contributed by atoms with Gasteiger partial charge in [-0.1, -0.05) is 0 Å². The van der Waals surface area contributed by atoms with Crippen molar-refractivity contribution in [2.75, 3.05) is 13.1 Å². The van der Waals surface area contributed by atoms with Crippen LogP contribution in [0.2, 0.25) is 0 Å². The van der Waals surface area contributed by atoms with Crippen LogP contribution in [0.1, 0.15) is 22.3 Å². The van der Waals surface area contributed by atoms with E-state index in [-0.39, 0.29) is 5.91 Å². The number of carbonyl (C=O) groups excluding carboxylic acids is 1. The van der Waals surface area contributed by atoms with Crippen LogP contribution in [0.5, 0.6) is 0 Å². The minimum atomic E-state index is -0.0134. The van der Waals surface area contributed by atoms with Crippen molar-refractivity contribution in [3.63, 3.8) is 0 Å². The number of rotatable bonds is 2. The fourth-order valence-corrected chi connectivity index (χ4v) is 4.47. The van der Waals surface area contributed by atoms with Crippen LogP contribution in [0, 0.1) is 5.92 Å². The Morgan fingerprint density at radius 3 is 3.04 bits per heavy atom. The fourth-order valence-electron chi connectivity index (χ4n) is 3.82. The van der Waals surface area contributed by atoms with E-state index in [1.165, 1.54) is 11.3 Å². The van der Waals surface area contributed by atoms with E-state index in [0.29, 0.717) is 17.6 Å². The number of imidazole rings is 1. The summed E-state index contributed by atoms with van der Waals surface area (Å²) in [6.07, 6.45) is 3.51. The average Bonchev–Trinajstić information content (AvgIpc) is 3.31. The summed E-state index contributed by atoms with van der Waals surface area (Å²) in [4.78, 5) is 19.0. The molecule has 0 N–H and O–H groups in total. The summed E-state index contributed by atoms with van der Waals surface area (Å²) < 4.78 is 7.57. The number of thiophene rings is 1. The highest BCUT2D eigenvalue weighted by Gasteiger charge is 2.44. The molecule has 23 heavy (non-hydrogen) atoms. The van der Waals surface area contributed by atoms with Crippen LogP contribution in [0.3, 0.4) is 0 Å². The van der Waals surface area contributed by atoms with E-state index in [9.17, 15) is 4.79 Å². The predicted octanol–water partition coefficient (Wildman–Crippen LogP) is 3.07. The number of nitrogens with zero attached hydrogens (tertiary/aromatic N) is 3. The van der Waals surface area contributed by atoms with Crippen molar-refractivity contribution in [3.8, 4) is 11.3 Å². The van der Waals surface area contributed by atoms with Gasteiger partial charge < -0.3 is 13.9 Å². The molecule has 0 saturated carbocycles. The third-order valence-electron chi connectivity index (χ3n) is 4.91. The molecule has 6 heteroatoms. The number of carbonyl (C=O) groups is 1. The molecule has 3 aromatic heterocycles. The summed E-state index contributed by atoms with van der Waals surface area (Å²) in [5.41, 5.74) is 2.43. The second-order valence-corrected chi connectivity index (χ2v) is 6.96. The van der Waals surface area contributed by atoms with Crippen molar-refractivity contribution in [2.24, 2.45) is 5.92 Å². The van der Waals surface area contributed by atoms with E-state index in [2.05, 4.69) is 26.4 Å². The smallest absolute Gasteiger partial charge is 0.289 e. The monoisotopic (exact) mass is 325 g/mol. The molecule has 1 saturated heterocycles. The van der Waals surface area contributed by atoms with Crippen LogP contribution >= 0.6 is 11.3 Å². The normalized spacial score (nSPS) is 22.3. The maximum absolute atomic E-state index is 12.4. The molecular weight excluding hydrogens is 310 g/mol. The molecule has 3 aromatic rings. The summed E-state index contributed by atoms with van der Waals surface area (Å²) in [6, 6.07) is 5.62. The number of hydrogen-bond donors (Lipinski definition) is 0. The van der Waals surface area contributed by atoms with Crippen LogP contribution in [-0.4, -0.2) is 33.4 Å². The number of hydrogen-bond acceptors (Lipinski definition) is 4. The first kappa shape index (κ1) is 13.1. The van der Waals surface area contributed by atoms with Gasteiger partial charge in [0, 0.05) is 42.4 Å². The standard InChI is InChI=1S/C17H15N3O2S/c21-17(15-2-1-4-22-15)19-7-12-8-20-14(11-3-5-23-10-11)6-18-16(20)13(12)9-19/h1-6,10,12-13H,7-9H2/t12-,13-/m0/s1. The Kier molecular flexibility index (Phi) is 2.76. The van der Waals surface area contributed by atoms with Gasteiger partial charge in [-0.25, -0.2) is 4.98 Å². The molecule has 5 rings (SSSR count). The summed E-state index contributed by atoms with van der Waals surface area (Å²) in [5.74, 6) is 2.31. The summed E-state index contributed by atoms with van der Waals surface area (Å²) in [5, 5.41) is 4.25. The lowest BCUT2D eigenvalue weighted by Crippen LogP contribution is -2.29.